The van der Waals surface area contributed by atoms with Crippen molar-refractivity contribution in [1.29, 1.82) is 0 Å². The van der Waals surface area contributed by atoms with Gasteiger partial charge in [0, 0.05) is 13.0 Å². The molecule has 3 atom stereocenters. The van der Waals surface area contributed by atoms with Crippen LogP contribution in [0.5, 0.6) is 0 Å². The van der Waals surface area contributed by atoms with Gasteiger partial charge in [0.2, 0.25) is 0 Å². The van der Waals surface area contributed by atoms with Gasteiger partial charge in [-0.3, -0.25) is 18.6 Å². The molecule has 0 spiro atoms. The Hall–Kier alpha value is -1.81. The number of carboxylic acid groups (broad SMARTS) is 1. The molecule has 0 saturated carbocycles. The van der Waals surface area contributed by atoms with Gasteiger partial charge < -0.3 is 25.2 Å². The molecule has 0 aromatic rings. The van der Waals surface area contributed by atoms with Crippen molar-refractivity contribution in [3.8, 4) is 0 Å². The molecule has 11 heteroatoms. The molecule has 0 heterocycles. The third-order valence-corrected chi connectivity index (χ3v) is 9.59. The van der Waals surface area contributed by atoms with Crippen molar-refractivity contribution in [1.82, 2.24) is 0 Å². The van der Waals surface area contributed by atoms with Crippen molar-refractivity contribution in [3.63, 3.8) is 0 Å². The first-order valence-electron chi connectivity index (χ1n) is 20.5. The molecule has 0 bridgehead atoms. The summed E-state index contributed by atoms with van der Waals surface area (Å²) < 4.78 is 33.3. The normalized spacial score (nSPS) is 14.4. The summed E-state index contributed by atoms with van der Waals surface area (Å²) in [6, 6.07) is -1.48. The molecule has 4 N–H and O–H groups in total. The number of carbonyl (C=O) groups is 2. The van der Waals surface area contributed by atoms with Gasteiger partial charge in [-0.05, 0) is 70.6 Å². The van der Waals surface area contributed by atoms with E-state index in [1.807, 2.05) is 0 Å². The minimum atomic E-state index is -4.62. The Morgan fingerprint density at radius 3 is 1.58 bits per heavy atom. The molecule has 0 rings (SSSR count). The maximum Gasteiger partial charge on any atom is 0.472 e. The second-order valence-electron chi connectivity index (χ2n) is 13.8. The van der Waals surface area contributed by atoms with E-state index in [1.165, 1.54) is 77.0 Å². The summed E-state index contributed by atoms with van der Waals surface area (Å²) in [5, 5.41) is 8.88. The van der Waals surface area contributed by atoms with Crippen molar-refractivity contribution in [2.45, 2.75) is 187 Å². The first-order valence-corrected chi connectivity index (χ1v) is 22.0. The van der Waals surface area contributed by atoms with Gasteiger partial charge in [-0.1, -0.05) is 134 Å². The molecule has 0 aliphatic heterocycles. The monoisotopic (exact) mass is 758 g/mol. The van der Waals surface area contributed by atoms with E-state index < -0.39 is 45.1 Å². The molecule has 0 saturated heterocycles. The number of nitrogens with two attached hydrogens (primary N) is 1. The summed E-state index contributed by atoms with van der Waals surface area (Å²) in [6.45, 7) is 3.81. The summed E-state index contributed by atoms with van der Waals surface area (Å²) in [7, 11) is -4.62. The van der Waals surface area contributed by atoms with Gasteiger partial charge in [0.15, 0.2) is 0 Å². The van der Waals surface area contributed by atoms with Crippen molar-refractivity contribution >= 4 is 19.8 Å². The van der Waals surface area contributed by atoms with Crippen LogP contribution in [0, 0.1) is 0 Å². The lowest BCUT2D eigenvalue weighted by Gasteiger charge is -2.20. The van der Waals surface area contributed by atoms with Crippen LogP contribution >= 0.6 is 7.82 Å². The number of allylic oxidation sites excluding steroid dienone is 6. The third-order valence-electron chi connectivity index (χ3n) is 8.64. The minimum absolute atomic E-state index is 0.00683. The summed E-state index contributed by atoms with van der Waals surface area (Å²) >= 11 is 0. The van der Waals surface area contributed by atoms with Gasteiger partial charge in [0.25, 0.3) is 0 Å². The molecule has 10 nitrogen and oxygen atoms in total. The predicted octanol–water partition coefficient (Wildman–Crippen LogP) is 10.9. The Kier molecular flexibility index (Phi) is 36.2. The Bertz CT molecular complexity index is 972. The predicted molar refractivity (Wildman–Crippen MR) is 212 cm³/mol. The Balaban J connectivity index is 4.29. The molecule has 0 fully saturated rings. The fraction of sp³-hybridized carbons (Fsp3) is 0.805. The van der Waals surface area contributed by atoms with Crippen LogP contribution < -0.4 is 5.73 Å². The first kappa shape index (κ1) is 50.2. The van der Waals surface area contributed by atoms with Crippen molar-refractivity contribution < 1.29 is 42.7 Å². The highest BCUT2D eigenvalue weighted by atomic mass is 31.2. The highest BCUT2D eigenvalue weighted by molar-refractivity contribution is 7.47. The number of phosphoric ester groups is 1. The SMILES string of the molecule is CCCCCC/C=C\C/C=C\CCCCCCCCOCC(COP(=O)(O)OCC(N)C(=O)O)OC(=O)CCCCCCC/C=C\CCCCCC. The van der Waals surface area contributed by atoms with Crippen LogP contribution in [0.2, 0.25) is 0 Å². The van der Waals surface area contributed by atoms with E-state index in [2.05, 4.69) is 50.3 Å². The molecular weight excluding hydrogens is 681 g/mol. The zero-order valence-corrected chi connectivity index (χ0v) is 33.8. The summed E-state index contributed by atoms with van der Waals surface area (Å²) in [4.78, 5) is 33.4. The van der Waals surface area contributed by atoms with E-state index in [0.717, 1.165) is 70.6 Å². The molecule has 3 unspecified atom stereocenters. The lowest BCUT2D eigenvalue weighted by atomic mass is 10.1. The van der Waals surface area contributed by atoms with Crippen LogP contribution in [0.3, 0.4) is 0 Å². The molecular formula is C41H76NO9P. The lowest BCUT2D eigenvalue weighted by molar-refractivity contribution is -0.154. The maximum atomic E-state index is 12.6. The summed E-state index contributed by atoms with van der Waals surface area (Å²) in [5.41, 5.74) is 5.34. The average molecular weight is 758 g/mol. The number of hydrogen-bond donors (Lipinski definition) is 3. The van der Waals surface area contributed by atoms with Gasteiger partial charge in [0.05, 0.1) is 19.8 Å². The molecule has 0 amide bonds. The quantitative estimate of drug-likeness (QED) is 0.0239. The van der Waals surface area contributed by atoms with Gasteiger partial charge in [-0.25, -0.2) is 4.57 Å². The Labute approximate surface area is 317 Å². The van der Waals surface area contributed by atoms with E-state index in [9.17, 15) is 19.0 Å². The zero-order valence-electron chi connectivity index (χ0n) is 32.9. The van der Waals surface area contributed by atoms with E-state index >= 15 is 0 Å². The largest absolute Gasteiger partial charge is 0.480 e. The van der Waals surface area contributed by atoms with Gasteiger partial charge >= 0.3 is 19.8 Å². The fourth-order valence-corrected chi connectivity index (χ4v) is 6.17. The van der Waals surface area contributed by atoms with Gasteiger partial charge in [-0.15, -0.1) is 0 Å². The van der Waals surface area contributed by atoms with Crippen LogP contribution in [0.15, 0.2) is 36.5 Å². The molecule has 52 heavy (non-hydrogen) atoms. The van der Waals surface area contributed by atoms with Crippen LogP contribution in [-0.2, 0) is 32.7 Å². The third kappa shape index (κ3) is 36.5. The number of ether oxygens (including phenoxy) is 2. The second kappa shape index (κ2) is 37.5. The number of hydrogen-bond acceptors (Lipinski definition) is 8. The van der Waals surface area contributed by atoms with Gasteiger partial charge in [-0.2, -0.15) is 0 Å². The fourth-order valence-electron chi connectivity index (χ4n) is 5.39. The maximum absolute atomic E-state index is 12.6. The van der Waals surface area contributed by atoms with Crippen LogP contribution in [-0.4, -0.2) is 60.5 Å². The van der Waals surface area contributed by atoms with Crippen LogP contribution in [0.1, 0.15) is 174 Å². The Morgan fingerprint density at radius 2 is 1.06 bits per heavy atom. The van der Waals surface area contributed by atoms with E-state index in [1.54, 1.807) is 0 Å². The summed E-state index contributed by atoms with van der Waals surface area (Å²) in [5.74, 6) is -1.79. The molecule has 0 aromatic carbocycles. The number of carbonyl (C=O) groups excluding carboxylic acids is 1. The number of aliphatic carboxylic acids is 1. The smallest absolute Gasteiger partial charge is 0.472 e. The molecule has 0 aliphatic carbocycles. The minimum Gasteiger partial charge on any atom is -0.480 e. The second-order valence-corrected chi connectivity index (χ2v) is 15.2. The first-order chi connectivity index (χ1) is 25.2. The molecule has 304 valence electrons. The number of rotatable bonds is 39. The molecule has 0 aliphatic rings. The van der Waals surface area contributed by atoms with E-state index in [-0.39, 0.29) is 13.0 Å². The number of esters is 1. The van der Waals surface area contributed by atoms with Crippen molar-refractivity contribution in [3.05, 3.63) is 36.5 Å². The van der Waals surface area contributed by atoms with Gasteiger partial charge in [0.1, 0.15) is 12.1 Å². The number of carboxylic acids is 1. The summed E-state index contributed by atoms with van der Waals surface area (Å²) in [6.07, 6.45) is 40.5. The Morgan fingerprint density at radius 1 is 0.615 bits per heavy atom. The lowest BCUT2D eigenvalue weighted by Crippen LogP contribution is -2.34. The van der Waals surface area contributed by atoms with E-state index in [4.69, 9.17) is 29.4 Å². The topological polar surface area (TPSA) is 155 Å². The highest BCUT2D eigenvalue weighted by Gasteiger charge is 2.27. The van der Waals surface area contributed by atoms with Crippen LogP contribution in [0.4, 0.5) is 0 Å². The van der Waals surface area contributed by atoms with Crippen LogP contribution in [0.25, 0.3) is 0 Å². The van der Waals surface area contributed by atoms with Crippen molar-refractivity contribution in [2.24, 2.45) is 5.73 Å². The van der Waals surface area contributed by atoms with E-state index in [0.29, 0.717) is 13.0 Å². The average Bonchev–Trinajstić information content (AvgIpc) is 3.12. The number of unbranched alkanes of at least 4 members (excludes halogenated alkanes) is 19. The standard InChI is InChI=1S/C41H76NO9P/c1-3-5-7-9-11-13-15-17-18-19-20-22-24-26-28-30-32-34-48-35-38(36-49-52(46,47)50-37-39(42)41(44)45)51-40(43)33-31-29-27-25-23-21-16-14-12-10-8-6-4-2/h13-16,18-19,38-39H,3-12,17,20-37,42H2,1-2H3,(H,44,45)(H,46,47)/b15-13-,16-14-,19-18-. The molecule has 0 aromatic heterocycles. The van der Waals surface area contributed by atoms with Crippen molar-refractivity contribution in [2.75, 3.05) is 26.4 Å². The molecule has 0 radical (unpaired) electrons. The highest BCUT2D eigenvalue weighted by Crippen LogP contribution is 2.43. The number of phosphoric acid groups is 1. The zero-order chi connectivity index (χ0) is 38.4.